The standard InChI is InChI=1S/C18H21N5OS/c1-13(17-21-20-16-6-4-5-11-23(16)17)19-18(24)22(2)12-14-7-9-15(25-3)10-8-14/h4-11,13H,12H2,1-3H3,(H,19,24). The molecule has 130 valence electrons. The van der Waals surface area contributed by atoms with Crippen molar-refractivity contribution in [1.82, 2.24) is 24.8 Å². The molecule has 0 aliphatic carbocycles. The fraction of sp³-hybridized carbons (Fsp3) is 0.278. The maximum absolute atomic E-state index is 12.5. The van der Waals surface area contributed by atoms with E-state index in [-0.39, 0.29) is 12.1 Å². The van der Waals surface area contributed by atoms with Crippen LogP contribution < -0.4 is 5.32 Å². The molecule has 0 aliphatic heterocycles. The van der Waals surface area contributed by atoms with Crippen molar-refractivity contribution in [3.8, 4) is 0 Å². The molecule has 1 aromatic carbocycles. The second-order valence-corrected chi connectivity index (χ2v) is 6.74. The Balaban J connectivity index is 1.64. The number of fused-ring (bicyclic) bond motifs is 1. The molecule has 1 N–H and O–H groups in total. The number of benzene rings is 1. The van der Waals surface area contributed by atoms with Gasteiger partial charge in [0.05, 0.1) is 6.04 Å². The topological polar surface area (TPSA) is 62.5 Å². The summed E-state index contributed by atoms with van der Waals surface area (Å²) in [4.78, 5) is 15.3. The molecule has 0 radical (unpaired) electrons. The molecule has 1 atom stereocenters. The highest BCUT2D eigenvalue weighted by molar-refractivity contribution is 7.98. The van der Waals surface area contributed by atoms with E-state index in [0.29, 0.717) is 12.4 Å². The van der Waals surface area contributed by atoms with Crippen molar-refractivity contribution >= 4 is 23.4 Å². The number of thioether (sulfide) groups is 1. The normalized spacial score (nSPS) is 12.1. The summed E-state index contributed by atoms with van der Waals surface area (Å²) in [6.45, 7) is 2.45. The zero-order valence-corrected chi connectivity index (χ0v) is 15.3. The highest BCUT2D eigenvalue weighted by atomic mass is 32.2. The van der Waals surface area contributed by atoms with Crippen LogP contribution in [0.25, 0.3) is 5.65 Å². The summed E-state index contributed by atoms with van der Waals surface area (Å²) in [5.74, 6) is 0.710. The van der Waals surface area contributed by atoms with E-state index in [4.69, 9.17) is 0 Å². The number of carbonyl (C=O) groups excluding carboxylic acids is 1. The van der Waals surface area contributed by atoms with Crippen LogP contribution in [0.1, 0.15) is 24.4 Å². The number of aromatic nitrogens is 3. The molecule has 3 aromatic rings. The van der Waals surface area contributed by atoms with Gasteiger partial charge in [0.1, 0.15) is 0 Å². The van der Waals surface area contributed by atoms with Crippen LogP contribution in [0, 0.1) is 0 Å². The average molecular weight is 355 g/mol. The average Bonchev–Trinajstić information content (AvgIpc) is 3.06. The molecule has 3 rings (SSSR count). The quantitative estimate of drug-likeness (QED) is 0.713. The van der Waals surface area contributed by atoms with Crippen LogP contribution in [0.3, 0.4) is 0 Å². The van der Waals surface area contributed by atoms with Crippen molar-refractivity contribution in [2.45, 2.75) is 24.4 Å². The lowest BCUT2D eigenvalue weighted by Crippen LogP contribution is -2.38. The van der Waals surface area contributed by atoms with Crippen molar-refractivity contribution in [2.75, 3.05) is 13.3 Å². The van der Waals surface area contributed by atoms with E-state index in [1.165, 1.54) is 4.90 Å². The van der Waals surface area contributed by atoms with Crippen molar-refractivity contribution in [3.63, 3.8) is 0 Å². The second-order valence-electron chi connectivity index (χ2n) is 5.86. The molecule has 6 nitrogen and oxygen atoms in total. The predicted molar refractivity (Wildman–Crippen MR) is 99.6 cm³/mol. The van der Waals surface area contributed by atoms with Gasteiger partial charge in [-0.05, 0) is 43.0 Å². The Kier molecular flexibility index (Phi) is 5.23. The number of amides is 2. The van der Waals surface area contributed by atoms with Crippen molar-refractivity contribution in [3.05, 3.63) is 60.0 Å². The number of pyridine rings is 1. The largest absolute Gasteiger partial charge is 0.328 e. The summed E-state index contributed by atoms with van der Waals surface area (Å²) in [6, 6.07) is 13.5. The van der Waals surface area contributed by atoms with Crippen LogP contribution in [0.4, 0.5) is 4.79 Å². The minimum absolute atomic E-state index is 0.144. The highest BCUT2D eigenvalue weighted by Gasteiger charge is 2.18. The number of hydrogen-bond acceptors (Lipinski definition) is 4. The highest BCUT2D eigenvalue weighted by Crippen LogP contribution is 2.16. The van der Waals surface area contributed by atoms with Gasteiger partial charge in [0.15, 0.2) is 11.5 Å². The first kappa shape index (κ1) is 17.3. The van der Waals surface area contributed by atoms with E-state index in [1.54, 1.807) is 23.7 Å². The van der Waals surface area contributed by atoms with E-state index < -0.39 is 0 Å². The van der Waals surface area contributed by atoms with Gasteiger partial charge >= 0.3 is 6.03 Å². The molecule has 2 heterocycles. The van der Waals surface area contributed by atoms with E-state index in [0.717, 1.165) is 11.2 Å². The number of nitrogens with one attached hydrogen (secondary N) is 1. The van der Waals surface area contributed by atoms with Gasteiger partial charge in [0, 0.05) is 24.7 Å². The summed E-state index contributed by atoms with van der Waals surface area (Å²) in [7, 11) is 1.78. The Morgan fingerprint density at radius 1 is 1.24 bits per heavy atom. The molecule has 1 unspecified atom stereocenters. The minimum atomic E-state index is -0.244. The molecule has 25 heavy (non-hydrogen) atoms. The van der Waals surface area contributed by atoms with Gasteiger partial charge in [-0.2, -0.15) is 0 Å². The lowest BCUT2D eigenvalue weighted by molar-refractivity contribution is 0.203. The lowest BCUT2D eigenvalue weighted by Gasteiger charge is -2.21. The Hall–Kier alpha value is -2.54. The van der Waals surface area contributed by atoms with E-state index in [2.05, 4.69) is 27.6 Å². The van der Waals surface area contributed by atoms with Crippen LogP contribution in [-0.4, -0.2) is 38.8 Å². The van der Waals surface area contributed by atoms with Crippen molar-refractivity contribution < 1.29 is 4.79 Å². The number of urea groups is 1. The van der Waals surface area contributed by atoms with E-state index in [1.807, 2.05) is 54.1 Å². The van der Waals surface area contributed by atoms with Gasteiger partial charge in [-0.1, -0.05) is 18.2 Å². The smallest absolute Gasteiger partial charge is 0.318 e. The third-order valence-electron chi connectivity index (χ3n) is 3.99. The summed E-state index contributed by atoms with van der Waals surface area (Å²) in [6.07, 6.45) is 3.94. The third-order valence-corrected chi connectivity index (χ3v) is 4.74. The Morgan fingerprint density at radius 3 is 2.72 bits per heavy atom. The Labute approximate surface area is 151 Å². The molecule has 2 amide bonds. The van der Waals surface area contributed by atoms with Crippen LogP contribution in [0.2, 0.25) is 0 Å². The first-order valence-electron chi connectivity index (χ1n) is 8.02. The fourth-order valence-electron chi connectivity index (χ4n) is 2.59. The Morgan fingerprint density at radius 2 is 2.00 bits per heavy atom. The fourth-order valence-corrected chi connectivity index (χ4v) is 3.00. The second kappa shape index (κ2) is 7.57. The zero-order valence-electron chi connectivity index (χ0n) is 14.5. The van der Waals surface area contributed by atoms with Gasteiger partial charge in [-0.15, -0.1) is 22.0 Å². The molecule has 0 spiro atoms. The van der Waals surface area contributed by atoms with E-state index in [9.17, 15) is 4.79 Å². The van der Waals surface area contributed by atoms with Gasteiger partial charge in [0.25, 0.3) is 0 Å². The molecule has 0 saturated carbocycles. The van der Waals surface area contributed by atoms with E-state index >= 15 is 0 Å². The predicted octanol–water partition coefficient (Wildman–Crippen LogP) is 3.35. The molecular formula is C18H21N5OS. The van der Waals surface area contributed by atoms with Gasteiger partial charge in [0.2, 0.25) is 0 Å². The number of nitrogens with zero attached hydrogens (tertiary/aromatic N) is 4. The first-order chi connectivity index (χ1) is 12.1. The molecule has 0 bridgehead atoms. The summed E-state index contributed by atoms with van der Waals surface area (Å²) >= 11 is 1.70. The summed E-state index contributed by atoms with van der Waals surface area (Å²) in [5.41, 5.74) is 1.86. The SMILES string of the molecule is CSc1ccc(CN(C)C(=O)NC(C)c2nnc3ccccn23)cc1. The van der Waals surface area contributed by atoms with Crippen molar-refractivity contribution in [1.29, 1.82) is 0 Å². The molecule has 2 aromatic heterocycles. The third kappa shape index (κ3) is 3.93. The molecule has 7 heteroatoms. The summed E-state index contributed by atoms with van der Waals surface area (Å²) in [5, 5.41) is 11.3. The number of rotatable bonds is 5. The van der Waals surface area contributed by atoms with Crippen LogP contribution in [0.5, 0.6) is 0 Å². The van der Waals surface area contributed by atoms with Gasteiger partial charge < -0.3 is 10.2 Å². The number of hydrogen-bond donors (Lipinski definition) is 1. The lowest BCUT2D eigenvalue weighted by atomic mass is 10.2. The zero-order chi connectivity index (χ0) is 17.8. The molecule has 0 fully saturated rings. The monoisotopic (exact) mass is 355 g/mol. The van der Waals surface area contributed by atoms with Crippen molar-refractivity contribution in [2.24, 2.45) is 0 Å². The Bertz CT molecular complexity index is 861. The van der Waals surface area contributed by atoms with Crippen LogP contribution in [0.15, 0.2) is 53.6 Å². The summed E-state index contributed by atoms with van der Waals surface area (Å²) < 4.78 is 1.88. The minimum Gasteiger partial charge on any atom is -0.328 e. The molecule has 0 saturated heterocycles. The van der Waals surface area contributed by atoms with Gasteiger partial charge in [-0.3, -0.25) is 4.40 Å². The number of carbonyl (C=O) groups is 1. The van der Waals surface area contributed by atoms with Gasteiger partial charge in [-0.25, -0.2) is 4.79 Å². The maximum atomic E-state index is 12.5. The maximum Gasteiger partial charge on any atom is 0.318 e. The molecule has 0 aliphatic rings. The van der Waals surface area contributed by atoms with Crippen LogP contribution >= 0.6 is 11.8 Å². The first-order valence-corrected chi connectivity index (χ1v) is 9.25. The van der Waals surface area contributed by atoms with Crippen LogP contribution in [-0.2, 0) is 6.54 Å². The molecular weight excluding hydrogens is 334 g/mol.